The molecule has 0 amide bonds. The topological polar surface area (TPSA) is 78.1 Å². The van der Waals surface area contributed by atoms with Crippen LogP contribution >= 0.6 is 0 Å². The van der Waals surface area contributed by atoms with E-state index in [0.717, 1.165) is 0 Å². The van der Waals surface area contributed by atoms with Gasteiger partial charge in [-0.2, -0.15) is 0 Å². The minimum absolute atomic E-state index is 0.276. The van der Waals surface area contributed by atoms with E-state index in [2.05, 4.69) is 19.9 Å². The minimum atomic E-state index is 0.276. The summed E-state index contributed by atoms with van der Waals surface area (Å²) in [4.78, 5) is 18.0. The molecule has 6 nitrogen and oxygen atoms in total. The molecule has 0 unspecified atom stereocenters. The number of hydrogen-bond acceptors (Lipinski definition) is 6. The van der Waals surface area contributed by atoms with Crippen LogP contribution in [0.1, 0.15) is 5.76 Å². The molecule has 2 aromatic rings. The molecule has 0 fully saturated rings. The molecule has 0 bridgehead atoms. The highest BCUT2D eigenvalue weighted by Crippen LogP contribution is 2.15. The van der Waals surface area contributed by atoms with E-state index in [9.17, 15) is 4.79 Å². The third-order valence-corrected chi connectivity index (χ3v) is 1.92. The van der Waals surface area contributed by atoms with Gasteiger partial charge in [-0.25, -0.2) is 0 Å². The van der Waals surface area contributed by atoms with Gasteiger partial charge in [0.15, 0.2) is 0 Å². The van der Waals surface area contributed by atoms with E-state index in [0.29, 0.717) is 30.0 Å². The van der Waals surface area contributed by atoms with Crippen molar-refractivity contribution < 1.29 is 14.1 Å². The molecule has 6 heteroatoms. The summed E-state index contributed by atoms with van der Waals surface area (Å²) < 4.78 is 9.61. The monoisotopic (exact) mass is 219 g/mol. The third-order valence-electron chi connectivity index (χ3n) is 1.92. The first-order valence-electron chi connectivity index (χ1n) is 4.67. The minimum Gasteiger partial charge on any atom is -0.467 e. The summed E-state index contributed by atoms with van der Waals surface area (Å²) in [6.45, 7) is 0.679. The fraction of sp³-hybridized carbons (Fsp3) is 0.200. The number of rotatable bonds is 5. The summed E-state index contributed by atoms with van der Waals surface area (Å²) in [5.41, 5.74) is 1.27. The molecule has 16 heavy (non-hydrogen) atoms. The zero-order chi connectivity index (χ0) is 11.2. The lowest BCUT2D eigenvalue weighted by Crippen LogP contribution is -1.94. The lowest BCUT2D eigenvalue weighted by molar-refractivity contribution is -0.128. The Hall–Kier alpha value is -2.24. The van der Waals surface area contributed by atoms with Gasteiger partial charge in [0.05, 0.1) is 12.8 Å². The van der Waals surface area contributed by atoms with E-state index in [1.165, 1.54) is 0 Å². The zero-order valence-corrected chi connectivity index (χ0v) is 8.37. The molecule has 0 atom stereocenters. The van der Waals surface area contributed by atoms with Crippen molar-refractivity contribution in [1.29, 1.82) is 0 Å². The Kier molecular flexibility index (Phi) is 3.22. The van der Waals surface area contributed by atoms with Gasteiger partial charge in [0.25, 0.3) is 6.47 Å². The van der Waals surface area contributed by atoms with Gasteiger partial charge in [-0.1, -0.05) is 5.16 Å². The predicted octanol–water partition coefficient (Wildman–Crippen LogP) is 0.847. The highest BCUT2D eigenvalue weighted by molar-refractivity contribution is 5.51. The largest absolute Gasteiger partial charge is 0.467 e. The Labute approximate surface area is 91.3 Å². The summed E-state index contributed by atoms with van der Waals surface area (Å²) in [7, 11) is 0. The molecule has 0 saturated carbocycles. The molecule has 0 spiro atoms. The first kappa shape index (κ1) is 10.3. The lowest BCUT2D eigenvalue weighted by atomic mass is 10.2. The van der Waals surface area contributed by atoms with E-state index < -0.39 is 0 Å². The molecule has 0 aliphatic rings. The summed E-state index contributed by atoms with van der Waals surface area (Å²) in [6.07, 6.45) is 5.26. The van der Waals surface area contributed by atoms with Crippen molar-refractivity contribution in [3.05, 3.63) is 30.4 Å². The second-order valence-electron chi connectivity index (χ2n) is 2.99. The molecule has 2 rings (SSSR count). The average molecular weight is 219 g/mol. The first-order valence-corrected chi connectivity index (χ1v) is 4.67. The number of hydrogen-bond donors (Lipinski definition) is 0. The van der Waals surface area contributed by atoms with Crippen LogP contribution in [-0.2, 0) is 16.0 Å². The van der Waals surface area contributed by atoms with Gasteiger partial charge in [0.1, 0.15) is 17.1 Å². The van der Waals surface area contributed by atoms with Gasteiger partial charge in [0, 0.05) is 24.9 Å². The second-order valence-corrected chi connectivity index (χ2v) is 2.99. The van der Waals surface area contributed by atoms with Crippen LogP contribution in [0.3, 0.4) is 0 Å². The Morgan fingerprint density at radius 2 is 2.31 bits per heavy atom. The van der Waals surface area contributed by atoms with Crippen LogP contribution in [0, 0.1) is 0 Å². The Morgan fingerprint density at radius 1 is 1.38 bits per heavy atom. The van der Waals surface area contributed by atoms with E-state index in [1.54, 1.807) is 24.7 Å². The van der Waals surface area contributed by atoms with Crippen LogP contribution in [0.2, 0.25) is 0 Å². The highest BCUT2D eigenvalue weighted by Gasteiger charge is 2.07. The first-order chi connectivity index (χ1) is 7.90. The van der Waals surface area contributed by atoms with Crippen LogP contribution in [0.5, 0.6) is 0 Å². The van der Waals surface area contributed by atoms with E-state index in [4.69, 9.17) is 4.52 Å². The normalized spacial score (nSPS) is 10.0. The highest BCUT2D eigenvalue weighted by atomic mass is 16.5. The van der Waals surface area contributed by atoms with Crippen LogP contribution < -0.4 is 0 Å². The van der Waals surface area contributed by atoms with Crippen LogP contribution in [0.25, 0.3) is 11.4 Å². The number of carbonyl (C=O) groups is 1. The molecule has 82 valence electrons. The molecular weight excluding hydrogens is 210 g/mol. The van der Waals surface area contributed by atoms with E-state index in [-0.39, 0.29) is 6.61 Å². The average Bonchev–Trinajstić information content (AvgIpc) is 2.79. The van der Waals surface area contributed by atoms with Gasteiger partial charge < -0.3 is 9.26 Å². The Balaban J connectivity index is 2.05. The maximum absolute atomic E-state index is 9.94. The number of carbonyl (C=O) groups excluding carboxylic acids is 1. The molecular formula is C10H9N3O3. The molecule has 0 saturated heterocycles. The Bertz CT molecular complexity index is 455. The van der Waals surface area contributed by atoms with Gasteiger partial charge in [-0.15, -0.1) is 0 Å². The maximum Gasteiger partial charge on any atom is 0.293 e. The molecule has 0 aliphatic heterocycles. The maximum atomic E-state index is 9.94. The summed E-state index contributed by atoms with van der Waals surface area (Å²) >= 11 is 0. The molecule has 2 aromatic heterocycles. The van der Waals surface area contributed by atoms with Crippen molar-refractivity contribution in [2.24, 2.45) is 0 Å². The van der Waals surface area contributed by atoms with Crippen molar-refractivity contribution in [2.75, 3.05) is 6.61 Å². The number of ether oxygens (including phenoxy) is 1. The molecule has 2 heterocycles. The quantitative estimate of drug-likeness (QED) is 0.548. The SMILES string of the molecule is O=COCCc1cc(-c2cnccn2)no1. The lowest BCUT2D eigenvalue weighted by Gasteiger charge is -1.92. The summed E-state index contributed by atoms with van der Waals surface area (Å²) in [5, 5.41) is 3.84. The standard InChI is InChI=1S/C10H9N3O3/c14-7-15-4-1-8-5-9(13-16-8)10-6-11-2-3-12-10/h2-3,5-7H,1,4H2. The van der Waals surface area contributed by atoms with Crippen LogP contribution in [0.15, 0.2) is 29.2 Å². The van der Waals surface area contributed by atoms with Crippen LogP contribution in [-0.4, -0.2) is 28.2 Å². The van der Waals surface area contributed by atoms with Gasteiger partial charge in [-0.05, 0) is 0 Å². The fourth-order valence-electron chi connectivity index (χ4n) is 1.19. The molecule has 0 N–H and O–H groups in total. The fourth-order valence-corrected chi connectivity index (χ4v) is 1.19. The van der Waals surface area contributed by atoms with Gasteiger partial charge >= 0.3 is 0 Å². The van der Waals surface area contributed by atoms with Crippen LogP contribution in [0.4, 0.5) is 0 Å². The van der Waals surface area contributed by atoms with Crippen molar-refractivity contribution in [2.45, 2.75) is 6.42 Å². The molecule has 0 aliphatic carbocycles. The third kappa shape index (κ3) is 2.41. The molecule has 0 radical (unpaired) electrons. The van der Waals surface area contributed by atoms with E-state index >= 15 is 0 Å². The predicted molar refractivity (Wildman–Crippen MR) is 53.2 cm³/mol. The van der Waals surface area contributed by atoms with Crippen molar-refractivity contribution in [3.8, 4) is 11.4 Å². The second kappa shape index (κ2) is 5.01. The Morgan fingerprint density at radius 3 is 3.06 bits per heavy atom. The zero-order valence-electron chi connectivity index (χ0n) is 8.37. The van der Waals surface area contributed by atoms with E-state index in [1.807, 2.05) is 0 Å². The van der Waals surface area contributed by atoms with Gasteiger partial charge in [0.2, 0.25) is 0 Å². The van der Waals surface area contributed by atoms with Crippen molar-refractivity contribution in [3.63, 3.8) is 0 Å². The van der Waals surface area contributed by atoms with Crippen molar-refractivity contribution in [1.82, 2.24) is 15.1 Å². The number of nitrogens with zero attached hydrogens (tertiary/aromatic N) is 3. The van der Waals surface area contributed by atoms with Crippen molar-refractivity contribution >= 4 is 6.47 Å². The van der Waals surface area contributed by atoms with Gasteiger partial charge in [-0.3, -0.25) is 14.8 Å². The number of aromatic nitrogens is 3. The smallest absolute Gasteiger partial charge is 0.293 e. The summed E-state index contributed by atoms with van der Waals surface area (Å²) in [6, 6.07) is 1.75. The molecule has 0 aromatic carbocycles. The summed E-state index contributed by atoms with van der Waals surface area (Å²) in [5.74, 6) is 0.641.